The van der Waals surface area contributed by atoms with Crippen LogP contribution >= 0.6 is 0 Å². The molecular weight excluding hydrogens is 262 g/mol. The molecule has 0 bridgehead atoms. The molecule has 1 N–H and O–H groups in total. The van der Waals surface area contributed by atoms with Gasteiger partial charge in [0.1, 0.15) is 0 Å². The molecule has 21 heavy (non-hydrogen) atoms. The van der Waals surface area contributed by atoms with E-state index in [4.69, 9.17) is 5.11 Å². The van der Waals surface area contributed by atoms with E-state index in [0.29, 0.717) is 0 Å². The van der Waals surface area contributed by atoms with Crippen molar-refractivity contribution in [3.63, 3.8) is 0 Å². The van der Waals surface area contributed by atoms with Gasteiger partial charge in [-0.15, -0.1) is 0 Å². The number of nitrogens with zero attached hydrogens (tertiary/aromatic N) is 1. The molecule has 0 amide bonds. The lowest BCUT2D eigenvalue weighted by molar-refractivity contribution is -0.131. The number of unbranched alkanes of at least 4 members (excludes halogenated alkanes) is 2. The lowest BCUT2D eigenvalue weighted by Gasteiger charge is -2.26. The summed E-state index contributed by atoms with van der Waals surface area (Å²) in [7, 11) is 0. The van der Waals surface area contributed by atoms with Crippen molar-refractivity contribution in [2.45, 2.75) is 46.5 Å². The number of benzene rings is 1. The Morgan fingerprint density at radius 1 is 1.19 bits per heavy atom. The Balaban J connectivity index is 2.89. The van der Waals surface area contributed by atoms with Crippen molar-refractivity contribution in [2.24, 2.45) is 0 Å². The zero-order chi connectivity index (χ0) is 15.7. The summed E-state index contributed by atoms with van der Waals surface area (Å²) >= 11 is 0. The lowest BCUT2D eigenvalue weighted by Crippen LogP contribution is -2.26. The van der Waals surface area contributed by atoms with E-state index >= 15 is 0 Å². The molecule has 0 spiro atoms. The van der Waals surface area contributed by atoms with Crippen LogP contribution in [0.4, 0.5) is 5.69 Å². The number of hydrogen-bond donors (Lipinski definition) is 1. The van der Waals surface area contributed by atoms with Gasteiger partial charge in [0, 0.05) is 24.9 Å². The molecule has 116 valence electrons. The molecule has 0 saturated carbocycles. The van der Waals surface area contributed by atoms with Crippen molar-refractivity contribution >= 4 is 17.7 Å². The van der Waals surface area contributed by atoms with Crippen molar-refractivity contribution in [2.75, 3.05) is 18.0 Å². The quantitative estimate of drug-likeness (QED) is 0.680. The van der Waals surface area contributed by atoms with E-state index in [0.717, 1.165) is 18.7 Å². The van der Waals surface area contributed by atoms with E-state index in [9.17, 15) is 4.79 Å². The standard InChI is InChI=1S/C18H27NO2/c1-4-6-12-19(13-7-5-2)17-10-8-16(14-15(17)3)9-11-18(20)21/h8-11,14H,4-7,12-13H2,1-3H3,(H,20,21). The van der Waals surface area contributed by atoms with E-state index in [2.05, 4.69) is 37.8 Å². The Morgan fingerprint density at radius 3 is 2.29 bits per heavy atom. The van der Waals surface area contributed by atoms with Gasteiger partial charge in [-0.2, -0.15) is 0 Å². The normalized spacial score (nSPS) is 11.0. The number of aliphatic carboxylic acids is 1. The van der Waals surface area contributed by atoms with Gasteiger partial charge >= 0.3 is 5.97 Å². The van der Waals surface area contributed by atoms with Crippen molar-refractivity contribution in [3.05, 3.63) is 35.4 Å². The summed E-state index contributed by atoms with van der Waals surface area (Å²) in [5, 5.41) is 8.69. The molecule has 0 fully saturated rings. The van der Waals surface area contributed by atoms with Crippen molar-refractivity contribution in [1.82, 2.24) is 0 Å². The average molecular weight is 289 g/mol. The Kier molecular flexibility index (Phi) is 7.59. The number of hydrogen-bond acceptors (Lipinski definition) is 2. The Morgan fingerprint density at radius 2 is 1.81 bits per heavy atom. The summed E-state index contributed by atoms with van der Waals surface area (Å²) in [6, 6.07) is 6.16. The first-order valence-corrected chi connectivity index (χ1v) is 7.85. The number of carbonyl (C=O) groups is 1. The largest absolute Gasteiger partial charge is 0.478 e. The minimum absolute atomic E-state index is 0.913. The predicted octanol–water partition coefficient (Wildman–Crippen LogP) is 4.50. The number of anilines is 1. The van der Waals surface area contributed by atoms with Gasteiger partial charge in [0.15, 0.2) is 0 Å². The lowest BCUT2D eigenvalue weighted by atomic mass is 10.1. The number of rotatable bonds is 9. The number of aryl methyl sites for hydroxylation is 1. The highest BCUT2D eigenvalue weighted by Crippen LogP contribution is 2.23. The third kappa shape index (κ3) is 6.03. The van der Waals surface area contributed by atoms with Crippen LogP contribution in [0.25, 0.3) is 6.08 Å². The van der Waals surface area contributed by atoms with Crippen molar-refractivity contribution < 1.29 is 9.90 Å². The zero-order valence-electron chi connectivity index (χ0n) is 13.4. The van der Waals surface area contributed by atoms with Crippen LogP contribution in [0, 0.1) is 6.92 Å². The van der Waals surface area contributed by atoms with E-state index in [1.807, 2.05) is 6.07 Å². The molecule has 0 aromatic heterocycles. The molecule has 0 heterocycles. The van der Waals surface area contributed by atoms with E-state index in [-0.39, 0.29) is 0 Å². The number of carboxylic acids is 1. The second-order valence-corrected chi connectivity index (χ2v) is 5.41. The summed E-state index contributed by atoms with van der Waals surface area (Å²) < 4.78 is 0. The molecule has 0 unspecified atom stereocenters. The number of carboxylic acid groups (broad SMARTS) is 1. The van der Waals surface area contributed by atoms with Crippen LogP contribution in [0.3, 0.4) is 0 Å². The third-order valence-electron chi connectivity index (χ3n) is 3.54. The summed E-state index contributed by atoms with van der Waals surface area (Å²) in [6.07, 6.45) is 7.61. The first-order chi connectivity index (χ1) is 10.1. The van der Waals surface area contributed by atoms with Gasteiger partial charge < -0.3 is 10.0 Å². The maximum atomic E-state index is 10.6. The summed E-state index contributed by atoms with van der Waals surface area (Å²) in [6.45, 7) is 8.69. The average Bonchev–Trinajstić information content (AvgIpc) is 2.46. The minimum Gasteiger partial charge on any atom is -0.478 e. The van der Waals surface area contributed by atoms with Gasteiger partial charge in [-0.3, -0.25) is 0 Å². The van der Waals surface area contributed by atoms with Crippen LogP contribution in [-0.2, 0) is 4.79 Å². The van der Waals surface area contributed by atoms with Crippen molar-refractivity contribution in [3.8, 4) is 0 Å². The van der Waals surface area contributed by atoms with E-state index < -0.39 is 5.97 Å². The monoisotopic (exact) mass is 289 g/mol. The van der Waals surface area contributed by atoms with Crippen LogP contribution < -0.4 is 4.90 Å². The molecule has 0 radical (unpaired) electrons. The maximum Gasteiger partial charge on any atom is 0.328 e. The van der Waals surface area contributed by atoms with Gasteiger partial charge in [0.2, 0.25) is 0 Å². The summed E-state index contributed by atoms with van der Waals surface area (Å²) in [5.74, 6) is -0.913. The van der Waals surface area contributed by atoms with Crippen LogP contribution in [0.5, 0.6) is 0 Å². The summed E-state index contributed by atoms with van der Waals surface area (Å²) in [4.78, 5) is 13.0. The van der Waals surface area contributed by atoms with Crippen LogP contribution in [0.1, 0.15) is 50.7 Å². The maximum absolute atomic E-state index is 10.6. The minimum atomic E-state index is -0.913. The van der Waals surface area contributed by atoms with E-state index in [1.165, 1.54) is 43.0 Å². The van der Waals surface area contributed by atoms with E-state index in [1.54, 1.807) is 6.08 Å². The van der Waals surface area contributed by atoms with Gasteiger partial charge in [-0.25, -0.2) is 4.79 Å². The molecule has 3 nitrogen and oxygen atoms in total. The topological polar surface area (TPSA) is 40.5 Å². The second-order valence-electron chi connectivity index (χ2n) is 5.41. The molecule has 1 aromatic carbocycles. The smallest absolute Gasteiger partial charge is 0.328 e. The highest BCUT2D eigenvalue weighted by atomic mass is 16.4. The molecule has 0 saturated heterocycles. The van der Waals surface area contributed by atoms with Gasteiger partial charge in [0.05, 0.1) is 0 Å². The third-order valence-corrected chi connectivity index (χ3v) is 3.54. The van der Waals surface area contributed by atoms with Gasteiger partial charge in [0.25, 0.3) is 0 Å². The molecule has 0 atom stereocenters. The molecule has 1 aromatic rings. The Labute approximate surface area is 128 Å². The van der Waals surface area contributed by atoms with Crippen LogP contribution in [0.2, 0.25) is 0 Å². The Bertz CT molecular complexity index is 472. The fraction of sp³-hybridized carbons (Fsp3) is 0.500. The van der Waals surface area contributed by atoms with Crippen LogP contribution in [-0.4, -0.2) is 24.2 Å². The van der Waals surface area contributed by atoms with Crippen molar-refractivity contribution in [1.29, 1.82) is 0 Å². The highest BCUT2D eigenvalue weighted by Gasteiger charge is 2.08. The Hall–Kier alpha value is -1.77. The fourth-order valence-corrected chi connectivity index (χ4v) is 2.36. The molecule has 0 aliphatic heterocycles. The molecular formula is C18H27NO2. The molecule has 0 aliphatic carbocycles. The van der Waals surface area contributed by atoms with Gasteiger partial charge in [-0.05, 0) is 49.1 Å². The van der Waals surface area contributed by atoms with Gasteiger partial charge in [-0.1, -0.05) is 32.8 Å². The molecule has 1 rings (SSSR count). The highest BCUT2D eigenvalue weighted by molar-refractivity contribution is 5.85. The fourth-order valence-electron chi connectivity index (χ4n) is 2.36. The SMILES string of the molecule is CCCCN(CCCC)c1ccc(C=CC(=O)O)cc1C. The predicted molar refractivity (Wildman–Crippen MR) is 89.9 cm³/mol. The first-order valence-electron chi connectivity index (χ1n) is 7.85. The zero-order valence-corrected chi connectivity index (χ0v) is 13.4. The molecule has 0 aliphatic rings. The van der Waals surface area contributed by atoms with Crippen LogP contribution in [0.15, 0.2) is 24.3 Å². The first kappa shape index (κ1) is 17.3. The summed E-state index contributed by atoms with van der Waals surface area (Å²) in [5.41, 5.74) is 3.41. The second kappa shape index (κ2) is 9.22. The molecule has 3 heteroatoms.